The highest BCUT2D eigenvalue weighted by Gasteiger charge is 2.45. The first-order chi connectivity index (χ1) is 8.31. The predicted octanol–water partition coefficient (Wildman–Crippen LogP) is 3.78. The van der Waals surface area contributed by atoms with E-state index < -0.39 is 0 Å². The topological polar surface area (TPSA) is 20.3 Å². The molecule has 3 heteroatoms. The van der Waals surface area contributed by atoms with Gasteiger partial charge in [-0.1, -0.05) is 52.9 Å². The number of piperidine rings is 1. The molecule has 1 atom stereocenters. The van der Waals surface area contributed by atoms with Crippen LogP contribution in [0.2, 0.25) is 0 Å². The molecule has 0 N–H and O–H groups in total. The molecule has 18 heavy (non-hydrogen) atoms. The second kappa shape index (κ2) is 4.93. The summed E-state index contributed by atoms with van der Waals surface area (Å²) in [7, 11) is 0. The average molecular weight is 357 g/mol. The third kappa shape index (κ3) is 2.94. The van der Waals surface area contributed by atoms with Crippen molar-refractivity contribution in [1.29, 1.82) is 0 Å². The van der Waals surface area contributed by atoms with Crippen LogP contribution < -0.4 is 0 Å². The minimum Gasteiger partial charge on any atom is -0.300 e. The highest BCUT2D eigenvalue weighted by atomic mass is 127. The summed E-state index contributed by atoms with van der Waals surface area (Å²) < 4.78 is -0.0908. The van der Waals surface area contributed by atoms with Crippen LogP contribution in [0, 0.1) is 0 Å². The molecule has 1 aliphatic rings. The van der Waals surface area contributed by atoms with Crippen molar-refractivity contribution in [3.63, 3.8) is 0 Å². The zero-order chi connectivity index (χ0) is 13.4. The summed E-state index contributed by atoms with van der Waals surface area (Å²) in [5, 5.41) is 0. The summed E-state index contributed by atoms with van der Waals surface area (Å²) in [4.78, 5) is 14.3. The van der Waals surface area contributed by atoms with E-state index in [2.05, 4.69) is 72.5 Å². The Hall–Kier alpha value is -0.420. The molecule has 2 nitrogen and oxygen atoms in total. The van der Waals surface area contributed by atoms with E-state index in [1.165, 1.54) is 5.56 Å². The van der Waals surface area contributed by atoms with Crippen molar-refractivity contribution in [2.24, 2.45) is 0 Å². The van der Waals surface area contributed by atoms with Crippen molar-refractivity contribution in [3.8, 4) is 0 Å². The number of hydrogen-bond acceptors (Lipinski definition) is 2. The molecule has 1 heterocycles. The van der Waals surface area contributed by atoms with Gasteiger partial charge in [0, 0.05) is 24.9 Å². The van der Waals surface area contributed by atoms with E-state index in [9.17, 15) is 4.79 Å². The monoisotopic (exact) mass is 357 g/mol. The van der Waals surface area contributed by atoms with Gasteiger partial charge in [0.05, 0.1) is 3.55 Å². The smallest absolute Gasteiger partial charge is 0.137 e. The molecule has 98 valence electrons. The van der Waals surface area contributed by atoms with Crippen molar-refractivity contribution < 1.29 is 4.79 Å². The summed E-state index contributed by atoms with van der Waals surface area (Å²) in [6.45, 7) is 7.41. The first-order valence-corrected chi connectivity index (χ1v) is 7.41. The molecule has 0 radical (unpaired) electrons. The van der Waals surface area contributed by atoms with Crippen molar-refractivity contribution >= 4 is 28.4 Å². The fourth-order valence-electron chi connectivity index (χ4n) is 2.87. The molecule has 0 saturated carbocycles. The van der Waals surface area contributed by atoms with E-state index in [-0.39, 0.29) is 9.08 Å². The highest BCUT2D eigenvalue weighted by Crippen LogP contribution is 2.41. The number of benzene rings is 1. The Morgan fingerprint density at radius 3 is 2.33 bits per heavy atom. The van der Waals surface area contributed by atoms with Gasteiger partial charge in [-0.25, -0.2) is 0 Å². The second-order valence-electron chi connectivity index (χ2n) is 5.92. The first-order valence-electron chi connectivity index (χ1n) is 6.33. The van der Waals surface area contributed by atoms with Gasteiger partial charge in [0.2, 0.25) is 0 Å². The summed E-state index contributed by atoms with van der Waals surface area (Å²) in [6.07, 6.45) is 1.29. The average Bonchev–Trinajstić information content (AvgIpc) is 2.23. The van der Waals surface area contributed by atoms with Gasteiger partial charge in [-0.2, -0.15) is 0 Å². The molecule has 0 bridgehead atoms. The summed E-state index contributed by atoms with van der Waals surface area (Å²) in [5.41, 5.74) is 1.24. The fourth-order valence-corrected chi connectivity index (χ4v) is 4.12. The Balaban J connectivity index is 2.26. The van der Waals surface area contributed by atoms with Crippen LogP contribution in [0.1, 0.15) is 39.2 Å². The number of rotatable bonds is 2. The number of alkyl halides is 1. The van der Waals surface area contributed by atoms with E-state index in [1.54, 1.807) is 0 Å². The molecule has 0 amide bonds. The van der Waals surface area contributed by atoms with Gasteiger partial charge >= 0.3 is 0 Å². The molecular formula is C15H20INO. The molecular weight excluding hydrogens is 337 g/mol. The molecule has 1 saturated heterocycles. The Labute approximate surface area is 123 Å². The maximum Gasteiger partial charge on any atom is 0.137 e. The molecule has 2 rings (SSSR count). The summed E-state index contributed by atoms with van der Waals surface area (Å²) in [6, 6.07) is 10.5. The Kier molecular flexibility index (Phi) is 3.83. The Morgan fingerprint density at radius 2 is 1.78 bits per heavy atom. The number of nitrogens with zero attached hydrogens (tertiary/aromatic N) is 1. The molecule has 1 fully saturated rings. The van der Waals surface area contributed by atoms with Gasteiger partial charge in [0.15, 0.2) is 0 Å². The maximum absolute atomic E-state index is 11.9. The Bertz CT molecular complexity index is 419. The lowest BCUT2D eigenvalue weighted by atomic mass is 9.85. The quantitative estimate of drug-likeness (QED) is 0.456. The zero-order valence-electron chi connectivity index (χ0n) is 11.2. The Morgan fingerprint density at radius 1 is 1.17 bits per heavy atom. The van der Waals surface area contributed by atoms with Gasteiger partial charge in [0.25, 0.3) is 0 Å². The minimum atomic E-state index is -0.0908. The molecule has 1 aromatic rings. The highest BCUT2D eigenvalue weighted by molar-refractivity contribution is 14.1. The van der Waals surface area contributed by atoms with E-state index in [0.29, 0.717) is 18.6 Å². The van der Waals surface area contributed by atoms with E-state index >= 15 is 0 Å². The second-order valence-corrected chi connectivity index (χ2v) is 8.24. The summed E-state index contributed by atoms with van der Waals surface area (Å²) >= 11 is 2.43. The van der Waals surface area contributed by atoms with E-state index in [0.717, 1.165) is 6.54 Å². The third-order valence-electron chi connectivity index (χ3n) is 3.63. The third-order valence-corrected chi connectivity index (χ3v) is 4.59. The van der Waals surface area contributed by atoms with Crippen LogP contribution in [0.4, 0.5) is 0 Å². The number of Topliss-reactive ketones (excluding diaryl/α,β-unsaturated/α-hetero) is 1. The van der Waals surface area contributed by atoms with Crippen molar-refractivity contribution in [3.05, 3.63) is 35.9 Å². The van der Waals surface area contributed by atoms with Crippen LogP contribution in [0.3, 0.4) is 0 Å². The van der Waals surface area contributed by atoms with Crippen molar-refractivity contribution in [1.82, 2.24) is 4.90 Å². The predicted molar refractivity (Wildman–Crippen MR) is 82.7 cm³/mol. The SMILES string of the molecule is CC1(C)CC(=O)CC(C)(I)N1Cc1ccccc1. The number of carbonyl (C=O) groups is 1. The molecule has 0 aromatic heterocycles. The van der Waals surface area contributed by atoms with Crippen molar-refractivity contribution in [2.45, 2.75) is 49.2 Å². The molecule has 0 spiro atoms. The largest absolute Gasteiger partial charge is 0.300 e. The van der Waals surface area contributed by atoms with Crippen LogP contribution in [-0.4, -0.2) is 19.8 Å². The molecule has 1 unspecified atom stereocenters. The van der Waals surface area contributed by atoms with Crippen LogP contribution in [0.25, 0.3) is 0 Å². The number of halogens is 1. The standard InChI is InChI=1S/C15H20INO/c1-14(2)9-13(18)10-15(3,16)17(14)11-12-7-5-4-6-8-12/h4-8H,9-11H2,1-3H3. The number of hydrogen-bond donors (Lipinski definition) is 0. The van der Waals surface area contributed by atoms with Gasteiger partial charge in [-0.3, -0.25) is 9.69 Å². The van der Waals surface area contributed by atoms with Crippen LogP contribution in [0.5, 0.6) is 0 Å². The van der Waals surface area contributed by atoms with Gasteiger partial charge in [-0.15, -0.1) is 0 Å². The summed E-state index contributed by atoms with van der Waals surface area (Å²) in [5.74, 6) is 0.376. The van der Waals surface area contributed by atoms with Gasteiger partial charge in [-0.05, 0) is 26.3 Å². The zero-order valence-corrected chi connectivity index (χ0v) is 13.4. The van der Waals surface area contributed by atoms with Crippen LogP contribution in [0.15, 0.2) is 30.3 Å². The maximum atomic E-state index is 11.9. The number of likely N-dealkylation sites (tertiary alicyclic amines) is 1. The van der Waals surface area contributed by atoms with E-state index in [4.69, 9.17) is 0 Å². The van der Waals surface area contributed by atoms with Crippen LogP contribution >= 0.6 is 22.6 Å². The van der Waals surface area contributed by atoms with Gasteiger partial charge < -0.3 is 0 Å². The first kappa shape index (κ1) is 14.0. The number of carbonyl (C=O) groups excluding carboxylic acids is 1. The minimum absolute atomic E-state index is 0.0683. The normalized spacial score (nSPS) is 28.3. The lowest BCUT2D eigenvalue weighted by Crippen LogP contribution is -2.58. The lowest BCUT2D eigenvalue weighted by Gasteiger charge is -2.51. The lowest BCUT2D eigenvalue weighted by molar-refractivity contribution is -0.129. The van der Waals surface area contributed by atoms with E-state index in [1.807, 2.05) is 6.07 Å². The molecule has 1 aromatic carbocycles. The molecule has 1 aliphatic heterocycles. The van der Waals surface area contributed by atoms with Crippen molar-refractivity contribution in [2.75, 3.05) is 0 Å². The van der Waals surface area contributed by atoms with Crippen LogP contribution in [-0.2, 0) is 11.3 Å². The van der Waals surface area contributed by atoms with Gasteiger partial charge in [0.1, 0.15) is 5.78 Å². The molecule has 0 aliphatic carbocycles. The fraction of sp³-hybridized carbons (Fsp3) is 0.533. The number of ketones is 1.